The normalized spacial score (nSPS) is 19.5. The molecule has 1 aromatic heterocycles. The minimum Gasteiger partial charge on any atom is -0.476 e. The van der Waals surface area contributed by atoms with Gasteiger partial charge in [-0.1, -0.05) is 12.2 Å². The fourth-order valence-electron chi connectivity index (χ4n) is 3.05. The Morgan fingerprint density at radius 3 is 2.59 bits per heavy atom. The van der Waals surface area contributed by atoms with E-state index in [-0.39, 0.29) is 17.6 Å². The monoisotopic (exact) mass is 305 g/mol. The van der Waals surface area contributed by atoms with Crippen molar-refractivity contribution in [2.24, 2.45) is 0 Å². The molecule has 3 heterocycles. The molecule has 7 heteroatoms. The predicted octanol–water partition coefficient (Wildman–Crippen LogP) is 1.93. The third-order valence-electron chi connectivity index (χ3n) is 4.26. The van der Waals surface area contributed by atoms with Crippen molar-refractivity contribution in [1.82, 2.24) is 14.8 Å². The Morgan fingerprint density at radius 1 is 1.18 bits per heavy atom. The van der Waals surface area contributed by atoms with Gasteiger partial charge < -0.3 is 19.3 Å². The minimum absolute atomic E-state index is 0.00838. The molecule has 1 N–H and O–H groups in total. The lowest BCUT2D eigenvalue weighted by Crippen LogP contribution is -2.47. The third-order valence-corrected chi connectivity index (χ3v) is 4.26. The molecule has 0 aromatic carbocycles. The van der Waals surface area contributed by atoms with Gasteiger partial charge in [-0.05, 0) is 19.3 Å². The van der Waals surface area contributed by atoms with Crippen molar-refractivity contribution in [2.45, 2.75) is 25.2 Å². The van der Waals surface area contributed by atoms with E-state index in [9.17, 15) is 9.59 Å². The molecule has 7 nitrogen and oxygen atoms in total. The van der Waals surface area contributed by atoms with Crippen LogP contribution in [0.3, 0.4) is 0 Å². The Kier molecular flexibility index (Phi) is 4.13. The highest BCUT2D eigenvalue weighted by Crippen LogP contribution is 2.30. The molecule has 0 atom stereocenters. The molecule has 1 saturated heterocycles. The molecule has 22 heavy (non-hydrogen) atoms. The van der Waals surface area contributed by atoms with Gasteiger partial charge in [0, 0.05) is 32.1 Å². The van der Waals surface area contributed by atoms with Crippen LogP contribution in [0, 0.1) is 0 Å². The van der Waals surface area contributed by atoms with Crippen LogP contribution in [0.2, 0.25) is 0 Å². The Morgan fingerprint density at radius 2 is 1.95 bits per heavy atom. The Balaban J connectivity index is 1.60. The lowest BCUT2D eigenvalue weighted by molar-refractivity contribution is 0.0686. The summed E-state index contributed by atoms with van der Waals surface area (Å²) in [7, 11) is 0. The summed E-state index contributed by atoms with van der Waals surface area (Å²) in [4.78, 5) is 31.0. The summed E-state index contributed by atoms with van der Waals surface area (Å²) < 4.78 is 5.26. The van der Waals surface area contributed by atoms with E-state index in [1.54, 1.807) is 0 Å². The number of carbonyl (C=O) groups excluding carboxylic acids is 1. The second-order valence-corrected chi connectivity index (χ2v) is 5.62. The number of oxazole rings is 1. The quantitative estimate of drug-likeness (QED) is 0.844. The molecule has 0 radical (unpaired) electrons. The zero-order chi connectivity index (χ0) is 15.5. The summed E-state index contributed by atoms with van der Waals surface area (Å²) in [5, 5.41) is 9.10. The maximum atomic E-state index is 12.4. The smallest absolute Gasteiger partial charge is 0.358 e. The van der Waals surface area contributed by atoms with Crippen molar-refractivity contribution in [3.05, 3.63) is 30.0 Å². The van der Waals surface area contributed by atoms with Crippen LogP contribution in [0.15, 0.2) is 23.0 Å². The lowest BCUT2D eigenvalue weighted by Gasteiger charge is -2.35. The van der Waals surface area contributed by atoms with E-state index < -0.39 is 5.97 Å². The van der Waals surface area contributed by atoms with Crippen molar-refractivity contribution < 1.29 is 19.1 Å². The summed E-state index contributed by atoms with van der Waals surface area (Å²) in [6.07, 6.45) is 7.59. The van der Waals surface area contributed by atoms with Crippen LogP contribution in [0.4, 0.5) is 4.79 Å². The van der Waals surface area contributed by atoms with Crippen LogP contribution in [-0.2, 0) is 0 Å². The number of likely N-dealkylation sites (tertiary alicyclic amines) is 1. The summed E-state index contributed by atoms with van der Waals surface area (Å²) in [6, 6.07) is 0.0684. The molecule has 2 amide bonds. The van der Waals surface area contributed by atoms with Crippen LogP contribution >= 0.6 is 0 Å². The van der Waals surface area contributed by atoms with Gasteiger partial charge in [0.2, 0.25) is 0 Å². The van der Waals surface area contributed by atoms with Gasteiger partial charge >= 0.3 is 12.0 Å². The van der Waals surface area contributed by atoms with E-state index in [4.69, 9.17) is 9.52 Å². The molecule has 0 bridgehead atoms. The molecular formula is C15H19N3O4. The van der Waals surface area contributed by atoms with Gasteiger partial charge in [0.05, 0.1) is 0 Å². The SMILES string of the molecule is O=C(O)c1ncoc1C1CCN(C(=O)N2CC=CCC2)CC1. The maximum absolute atomic E-state index is 12.4. The number of aromatic nitrogens is 1. The number of rotatable bonds is 2. The van der Waals surface area contributed by atoms with Crippen molar-refractivity contribution in [3.63, 3.8) is 0 Å². The second-order valence-electron chi connectivity index (χ2n) is 5.62. The average molecular weight is 305 g/mol. The summed E-state index contributed by atoms with van der Waals surface area (Å²) in [6.45, 7) is 2.66. The van der Waals surface area contributed by atoms with E-state index in [2.05, 4.69) is 11.1 Å². The highest BCUT2D eigenvalue weighted by atomic mass is 16.4. The number of nitrogens with zero attached hydrogens (tertiary/aromatic N) is 3. The third kappa shape index (κ3) is 2.84. The number of urea groups is 1. The zero-order valence-corrected chi connectivity index (χ0v) is 12.3. The molecule has 2 aliphatic rings. The highest BCUT2D eigenvalue weighted by molar-refractivity contribution is 5.86. The van der Waals surface area contributed by atoms with E-state index >= 15 is 0 Å². The Hall–Kier alpha value is -2.31. The van der Waals surface area contributed by atoms with E-state index in [1.165, 1.54) is 6.39 Å². The van der Waals surface area contributed by atoms with E-state index in [0.717, 1.165) is 13.0 Å². The van der Waals surface area contributed by atoms with Crippen molar-refractivity contribution >= 4 is 12.0 Å². The van der Waals surface area contributed by atoms with Crippen molar-refractivity contribution in [2.75, 3.05) is 26.2 Å². The molecule has 0 aliphatic carbocycles. The first-order valence-corrected chi connectivity index (χ1v) is 7.52. The fraction of sp³-hybridized carbons (Fsp3) is 0.533. The van der Waals surface area contributed by atoms with E-state index in [1.807, 2.05) is 15.9 Å². The average Bonchev–Trinajstić information content (AvgIpc) is 3.05. The summed E-state index contributed by atoms with van der Waals surface area (Å²) in [5.41, 5.74) is -0.00838. The number of hydrogen-bond donors (Lipinski definition) is 1. The number of carboxylic acid groups (broad SMARTS) is 1. The largest absolute Gasteiger partial charge is 0.476 e. The van der Waals surface area contributed by atoms with Gasteiger partial charge in [0.15, 0.2) is 12.1 Å². The first-order chi connectivity index (χ1) is 10.7. The van der Waals surface area contributed by atoms with Crippen LogP contribution in [0.25, 0.3) is 0 Å². The molecule has 1 fully saturated rings. The number of aromatic carboxylic acids is 1. The fourth-order valence-corrected chi connectivity index (χ4v) is 3.05. The molecule has 2 aliphatic heterocycles. The summed E-state index contributed by atoms with van der Waals surface area (Å²) in [5.74, 6) is -0.623. The van der Waals surface area contributed by atoms with Crippen LogP contribution in [0.1, 0.15) is 41.4 Å². The van der Waals surface area contributed by atoms with Gasteiger partial charge in [-0.15, -0.1) is 0 Å². The second kappa shape index (κ2) is 6.21. The van der Waals surface area contributed by atoms with Gasteiger partial charge in [-0.3, -0.25) is 0 Å². The lowest BCUT2D eigenvalue weighted by atomic mass is 9.93. The number of hydrogen-bond acceptors (Lipinski definition) is 4. The number of piperidine rings is 1. The molecule has 1 aromatic rings. The topological polar surface area (TPSA) is 86.9 Å². The number of carbonyl (C=O) groups is 2. The predicted molar refractivity (Wildman–Crippen MR) is 77.7 cm³/mol. The van der Waals surface area contributed by atoms with Gasteiger partial charge in [0.1, 0.15) is 5.76 Å². The van der Waals surface area contributed by atoms with Crippen molar-refractivity contribution in [3.8, 4) is 0 Å². The van der Waals surface area contributed by atoms with Crippen LogP contribution in [-0.4, -0.2) is 58.1 Å². The minimum atomic E-state index is -1.07. The van der Waals surface area contributed by atoms with Crippen LogP contribution in [0.5, 0.6) is 0 Å². The first kappa shape index (κ1) is 14.6. The first-order valence-electron chi connectivity index (χ1n) is 7.52. The van der Waals surface area contributed by atoms with Crippen molar-refractivity contribution in [1.29, 1.82) is 0 Å². The Bertz CT molecular complexity index is 587. The maximum Gasteiger partial charge on any atom is 0.358 e. The Labute approximate surface area is 128 Å². The van der Waals surface area contributed by atoms with Gasteiger partial charge in [-0.2, -0.15) is 0 Å². The molecule has 3 rings (SSSR count). The van der Waals surface area contributed by atoms with Gasteiger partial charge in [0.25, 0.3) is 0 Å². The van der Waals surface area contributed by atoms with Gasteiger partial charge in [-0.25, -0.2) is 14.6 Å². The van der Waals surface area contributed by atoms with Crippen LogP contribution < -0.4 is 0 Å². The molecular weight excluding hydrogens is 286 g/mol. The standard InChI is InChI=1S/C15H19N3O4/c19-14(20)12-13(22-10-16-12)11-4-8-18(9-5-11)15(21)17-6-2-1-3-7-17/h1-2,10-11H,3-9H2,(H,19,20). The number of amides is 2. The molecule has 118 valence electrons. The highest BCUT2D eigenvalue weighted by Gasteiger charge is 2.31. The van der Waals surface area contributed by atoms with E-state index in [0.29, 0.717) is 38.2 Å². The molecule has 0 spiro atoms. The zero-order valence-electron chi connectivity index (χ0n) is 12.3. The molecule has 0 unspecified atom stereocenters. The molecule has 0 saturated carbocycles. The summed E-state index contributed by atoms with van der Waals surface area (Å²) >= 11 is 0. The number of carboxylic acids is 1.